The molecule has 1 spiro atoms. The Morgan fingerprint density at radius 2 is 1.72 bits per heavy atom. The van der Waals surface area contributed by atoms with Gasteiger partial charge in [0, 0.05) is 24.8 Å². The summed E-state index contributed by atoms with van der Waals surface area (Å²) in [6.45, 7) is 7.14. The largest absolute Gasteiger partial charge is 0.444 e. The van der Waals surface area contributed by atoms with E-state index in [4.69, 9.17) is 4.74 Å². The van der Waals surface area contributed by atoms with E-state index < -0.39 is 15.4 Å². The number of carbonyl (C=O) groups excluding carboxylic acids is 1. The standard InChI is InChI=1S/C19H25NO4S/c1-18(2,3)24-17(21)20-12-19(13-20)10-15(11-19)9-14-5-7-16(8-6-14)25(4,22)23/h5-9H,10-13H2,1-4H3. The van der Waals surface area contributed by atoms with Crippen LogP contribution in [0.4, 0.5) is 4.79 Å². The highest BCUT2D eigenvalue weighted by Crippen LogP contribution is 2.52. The van der Waals surface area contributed by atoms with E-state index in [0.717, 1.165) is 31.5 Å². The van der Waals surface area contributed by atoms with E-state index in [1.54, 1.807) is 17.0 Å². The number of hydrogen-bond donors (Lipinski definition) is 0. The quantitative estimate of drug-likeness (QED) is 0.807. The zero-order valence-corrected chi connectivity index (χ0v) is 16.0. The van der Waals surface area contributed by atoms with Crippen molar-refractivity contribution in [2.75, 3.05) is 19.3 Å². The first-order valence-electron chi connectivity index (χ1n) is 8.43. The molecule has 1 aliphatic carbocycles. The number of hydrogen-bond acceptors (Lipinski definition) is 4. The summed E-state index contributed by atoms with van der Waals surface area (Å²) in [5.74, 6) is 0. The zero-order valence-electron chi connectivity index (χ0n) is 15.2. The van der Waals surface area contributed by atoms with Crippen molar-refractivity contribution < 1.29 is 17.9 Å². The van der Waals surface area contributed by atoms with Crippen LogP contribution in [-0.2, 0) is 14.6 Å². The van der Waals surface area contributed by atoms with Gasteiger partial charge in [-0.15, -0.1) is 0 Å². The monoisotopic (exact) mass is 363 g/mol. The first kappa shape index (κ1) is 18.0. The van der Waals surface area contributed by atoms with Crippen molar-refractivity contribution >= 4 is 22.0 Å². The van der Waals surface area contributed by atoms with E-state index in [9.17, 15) is 13.2 Å². The second-order valence-electron chi connectivity index (χ2n) is 8.33. The predicted octanol–water partition coefficient (Wildman–Crippen LogP) is 3.50. The number of benzene rings is 1. The summed E-state index contributed by atoms with van der Waals surface area (Å²) in [6, 6.07) is 6.96. The summed E-state index contributed by atoms with van der Waals surface area (Å²) in [6.07, 6.45) is 5.07. The maximum Gasteiger partial charge on any atom is 0.410 e. The van der Waals surface area contributed by atoms with Crippen molar-refractivity contribution in [3.8, 4) is 0 Å². The first-order chi connectivity index (χ1) is 11.5. The van der Waals surface area contributed by atoms with E-state index >= 15 is 0 Å². The van der Waals surface area contributed by atoms with Crippen LogP contribution in [-0.4, -0.2) is 44.4 Å². The van der Waals surface area contributed by atoms with Gasteiger partial charge < -0.3 is 9.64 Å². The summed E-state index contributed by atoms with van der Waals surface area (Å²) < 4.78 is 28.3. The molecular formula is C19H25NO4S. The summed E-state index contributed by atoms with van der Waals surface area (Å²) in [7, 11) is -3.15. The topological polar surface area (TPSA) is 63.7 Å². The van der Waals surface area contributed by atoms with Crippen LogP contribution < -0.4 is 0 Å². The van der Waals surface area contributed by atoms with Gasteiger partial charge in [0.2, 0.25) is 0 Å². The van der Waals surface area contributed by atoms with Gasteiger partial charge in [-0.1, -0.05) is 23.8 Å². The van der Waals surface area contributed by atoms with Crippen LogP contribution in [0.5, 0.6) is 0 Å². The Labute approximate surface area is 149 Å². The van der Waals surface area contributed by atoms with Gasteiger partial charge in [-0.05, 0) is 51.3 Å². The molecule has 2 fully saturated rings. The van der Waals surface area contributed by atoms with Gasteiger partial charge in [0.1, 0.15) is 5.60 Å². The number of sulfone groups is 1. The molecule has 3 rings (SSSR count). The maximum absolute atomic E-state index is 12.0. The number of rotatable bonds is 2. The van der Waals surface area contributed by atoms with Crippen molar-refractivity contribution in [3.05, 3.63) is 35.4 Å². The molecule has 25 heavy (non-hydrogen) atoms. The molecule has 6 heteroatoms. The van der Waals surface area contributed by atoms with Crippen molar-refractivity contribution in [3.63, 3.8) is 0 Å². The molecular weight excluding hydrogens is 338 g/mol. The molecule has 136 valence electrons. The SMILES string of the molecule is CC(C)(C)OC(=O)N1CC2(CC(=Cc3ccc(S(C)(=O)=O)cc3)C2)C1. The van der Waals surface area contributed by atoms with Gasteiger partial charge in [-0.3, -0.25) is 0 Å². The van der Waals surface area contributed by atoms with Crippen molar-refractivity contribution in [1.29, 1.82) is 0 Å². The van der Waals surface area contributed by atoms with Gasteiger partial charge in [-0.25, -0.2) is 13.2 Å². The lowest BCUT2D eigenvalue weighted by molar-refractivity contribution is -0.0498. The Morgan fingerprint density at radius 3 is 2.20 bits per heavy atom. The van der Waals surface area contributed by atoms with Crippen LogP contribution in [0.3, 0.4) is 0 Å². The fourth-order valence-electron chi connectivity index (χ4n) is 3.50. The van der Waals surface area contributed by atoms with Crippen LogP contribution >= 0.6 is 0 Å². The van der Waals surface area contributed by atoms with Crippen LogP contribution in [0, 0.1) is 5.41 Å². The summed E-state index contributed by atoms with van der Waals surface area (Å²) >= 11 is 0. The fourth-order valence-corrected chi connectivity index (χ4v) is 4.13. The predicted molar refractivity (Wildman–Crippen MR) is 97.0 cm³/mol. The molecule has 1 heterocycles. The normalized spacial score (nSPS) is 19.2. The van der Waals surface area contributed by atoms with Gasteiger partial charge in [0.25, 0.3) is 0 Å². The van der Waals surface area contributed by atoms with Crippen molar-refractivity contribution in [1.82, 2.24) is 4.90 Å². The van der Waals surface area contributed by atoms with Crippen molar-refractivity contribution in [2.45, 2.75) is 44.1 Å². The van der Waals surface area contributed by atoms with Gasteiger partial charge in [0.05, 0.1) is 4.90 Å². The summed E-state index contributed by atoms with van der Waals surface area (Å²) in [5.41, 5.74) is 2.12. The second kappa shape index (κ2) is 5.87. The molecule has 5 nitrogen and oxygen atoms in total. The molecule has 1 aromatic carbocycles. The Morgan fingerprint density at radius 1 is 1.16 bits per heavy atom. The average molecular weight is 363 g/mol. The highest BCUT2D eigenvalue weighted by atomic mass is 32.2. The van der Waals surface area contributed by atoms with Gasteiger partial charge >= 0.3 is 6.09 Å². The van der Waals surface area contributed by atoms with Gasteiger partial charge in [-0.2, -0.15) is 0 Å². The number of ether oxygens (including phenoxy) is 1. The number of nitrogens with zero attached hydrogens (tertiary/aromatic N) is 1. The first-order valence-corrected chi connectivity index (χ1v) is 10.3. The molecule has 0 atom stereocenters. The summed E-state index contributed by atoms with van der Waals surface area (Å²) in [4.78, 5) is 14.1. The molecule has 1 aliphatic heterocycles. The summed E-state index contributed by atoms with van der Waals surface area (Å²) in [5, 5.41) is 0. The van der Waals surface area contributed by atoms with E-state index in [2.05, 4.69) is 6.08 Å². The molecule has 0 unspecified atom stereocenters. The Hall–Kier alpha value is -1.82. The molecule has 0 bridgehead atoms. The molecule has 1 saturated heterocycles. The van der Waals surface area contributed by atoms with E-state index in [0.29, 0.717) is 4.90 Å². The van der Waals surface area contributed by atoms with Gasteiger partial charge in [0.15, 0.2) is 9.84 Å². The highest BCUT2D eigenvalue weighted by Gasteiger charge is 2.52. The Kier molecular flexibility index (Phi) is 4.22. The maximum atomic E-state index is 12.0. The Balaban J connectivity index is 1.53. The molecule has 2 aliphatic rings. The smallest absolute Gasteiger partial charge is 0.410 e. The Bertz CT molecular complexity index is 800. The molecule has 1 amide bonds. The molecule has 1 aromatic rings. The minimum atomic E-state index is -3.15. The zero-order chi connectivity index (χ0) is 18.5. The third-order valence-corrected chi connectivity index (χ3v) is 5.72. The third-order valence-electron chi connectivity index (χ3n) is 4.59. The molecule has 0 N–H and O–H groups in total. The fraction of sp³-hybridized carbons (Fsp3) is 0.526. The van der Waals surface area contributed by atoms with E-state index in [-0.39, 0.29) is 11.5 Å². The number of carbonyl (C=O) groups is 1. The van der Waals surface area contributed by atoms with Crippen LogP contribution in [0.15, 0.2) is 34.7 Å². The lowest BCUT2D eigenvalue weighted by atomic mass is 9.60. The number of likely N-dealkylation sites (tertiary alicyclic amines) is 1. The lowest BCUT2D eigenvalue weighted by Crippen LogP contribution is -2.62. The van der Waals surface area contributed by atoms with Crippen LogP contribution in [0.1, 0.15) is 39.2 Å². The van der Waals surface area contributed by atoms with Crippen LogP contribution in [0.2, 0.25) is 0 Å². The highest BCUT2D eigenvalue weighted by molar-refractivity contribution is 7.90. The van der Waals surface area contributed by atoms with Crippen molar-refractivity contribution in [2.24, 2.45) is 5.41 Å². The minimum absolute atomic E-state index is 0.218. The minimum Gasteiger partial charge on any atom is -0.444 e. The molecule has 1 saturated carbocycles. The second-order valence-corrected chi connectivity index (χ2v) is 10.3. The molecule has 0 radical (unpaired) electrons. The van der Waals surface area contributed by atoms with E-state index in [1.807, 2.05) is 32.9 Å². The number of allylic oxidation sites excluding steroid dienone is 1. The van der Waals surface area contributed by atoms with Crippen LogP contribution in [0.25, 0.3) is 6.08 Å². The molecule has 0 aromatic heterocycles. The third kappa shape index (κ3) is 4.06. The average Bonchev–Trinajstić information content (AvgIpc) is 2.37. The van der Waals surface area contributed by atoms with E-state index in [1.165, 1.54) is 11.8 Å². The number of amides is 1. The lowest BCUT2D eigenvalue weighted by Gasteiger charge is -2.56.